The molecule has 2 amide bonds. The minimum Gasteiger partial charge on any atom is -0.493 e. The Labute approximate surface area is 215 Å². The molecule has 0 spiro atoms. The molecule has 1 N–H and O–H groups in total. The Kier molecular flexibility index (Phi) is 12.5. The van der Waals surface area contributed by atoms with Gasteiger partial charge in [0.15, 0.2) is 0 Å². The van der Waals surface area contributed by atoms with Gasteiger partial charge in [0.05, 0.1) is 13.7 Å². The molecule has 0 saturated carbocycles. The van der Waals surface area contributed by atoms with Crippen molar-refractivity contribution in [1.82, 2.24) is 0 Å². The van der Waals surface area contributed by atoms with E-state index >= 15 is 0 Å². The number of carboxylic acid groups (broad SMARTS) is 1. The van der Waals surface area contributed by atoms with Crippen LogP contribution >= 0.6 is 0 Å². The maximum atomic E-state index is 12.6. The summed E-state index contributed by atoms with van der Waals surface area (Å²) in [6.07, 6.45) is 13.8. The second-order valence-electron chi connectivity index (χ2n) is 8.83. The summed E-state index contributed by atoms with van der Waals surface area (Å²) in [5.41, 5.74) is 3.58. The van der Waals surface area contributed by atoms with E-state index in [0.717, 1.165) is 60.3 Å². The molecule has 7 nitrogen and oxygen atoms in total. The second-order valence-corrected chi connectivity index (χ2v) is 8.83. The van der Waals surface area contributed by atoms with Gasteiger partial charge in [0.25, 0.3) is 0 Å². The van der Waals surface area contributed by atoms with E-state index in [1.807, 2.05) is 30.3 Å². The SMILES string of the molecule is CCCCCCC=NC(=O)N(C)c1cccc(C2=C(OCCCC)C=C(/C=C(\OC)C(=O)O)CC2)c1. The summed E-state index contributed by atoms with van der Waals surface area (Å²) in [5, 5.41) is 9.30. The molecule has 0 unspecified atom stereocenters. The molecule has 0 radical (unpaired) electrons. The predicted octanol–water partition coefficient (Wildman–Crippen LogP) is 7.15. The van der Waals surface area contributed by atoms with Gasteiger partial charge in [-0.2, -0.15) is 0 Å². The number of nitrogens with zero attached hydrogens (tertiary/aromatic N) is 2. The van der Waals surface area contributed by atoms with Crippen molar-refractivity contribution < 1.29 is 24.2 Å². The highest BCUT2D eigenvalue weighted by Gasteiger charge is 2.19. The number of ether oxygens (including phenoxy) is 2. The lowest BCUT2D eigenvalue weighted by Crippen LogP contribution is -2.23. The summed E-state index contributed by atoms with van der Waals surface area (Å²) < 4.78 is 11.1. The maximum absolute atomic E-state index is 12.6. The van der Waals surface area contributed by atoms with Crippen molar-refractivity contribution in [1.29, 1.82) is 0 Å². The van der Waals surface area contributed by atoms with Crippen LogP contribution in [0.2, 0.25) is 0 Å². The molecule has 1 aliphatic carbocycles. The number of aliphatic imine (C=N–C) groups is 1. The van der Waals surface area contributed by atoms with E-state index < -0.39 is 5.97 Å². The minimum absolute atomic E-state index is 0.106. The third-order valence-corrected chi connectivity index (χ3v) is 6.04. The summed E-state index contributed by atoms with van der Waals surface area (Å²) in [6, 6.07) is 7.49. The van der Waals surface area contributed by atoms with Crippen molar-refractivity contribution >= 4 is 29.5 Å². The molecule has 0 heterocycles. The summed E-state index contributed by atoms with van der Waals surface area (Å²) in [6.45, 7) is 4.85. The number of benzene rings is 1. The quantitative estimate of drug-likeness (QED) is 0.128. The number of carbonyl (C=O) groups excluding carboxylic acids is 1. The number of aliphatic carboxylic acids is 1. The molecule has 7 heteroatoms. The van der Waals surface area contributed by atoms with Crippen molar-refractivity contribution in [2.45, 2.75) is 71.6 Å². The third-order valence-electron chi connectivity index (χ3n) is 6.04. The van der Waals surface area contributed by atoms with Crippen molar-refractivity contribution in [3.05, 3.63) is 59.1 Å². The zero-order valence-corrected chi connectivity index (χ0v) is 22.1. The first-order chi connectivity index (χ1) is 17.4. The summed E-state index contributed by atoms with van der Waals surface area (Å²) >= 11 is 0. The number of allylic oxidation sites excluding steroid dienone is 4. The molecule has 1 aromatic carbocycles. The van der Waals surface area contributed by atoms with Gasteiger partial charge in [-0.05, 0) is 67.5 Å². The standard InChI is InChI=1S/C29H40N2O5/c1-5-7-9-10-11-17-30-29(34)31(3)24-14-12-13-23(21-24)25-16-15-22(20-27(35-4)28(32)33)19-26(25)36-18-8-6-2/h12-14,17,19-21H,5-11,15-16,18H2,1-4H3,(H,32,33)/b27-20-,30-17?. The number of carbonyl (C=O) groups is 2. The van der Waals surface area contributed by atoms with Gasteiger partial charge in [-0.1, -0.05) is 51.7 Å². The molecule has 0 aliphatic heterocycles. The number of anilines is 1. The largest absolute Gasteiger partial charge is 0.493 e. The monoisotopic (exact) mass is 496 g/mol. The Balaban J connectivity index is 2.27. The Bertz CT molecular complexity index is 1010. The molecule has 0 atom stereocenters. The first-order valence-electron chi connectivity index (χ1n) is 12.9. The molecule has 196 valence electrons. The van der Waals surface area contributed by atoms with Crippen LogP contribution < -0.4 is 4.90 Å². The smallest absolute Gasteiger partial charge is 0.371 e. The highest BCUT2D eigenvalue weighted by atomic mass is 16.5. The fraction of sp³-hybridized carbons (Fsp3) is 0.483. The lowest BCUT2D eigenvalue weighted by atomic mass is 9.91. The normalized spacial score (nSPS) is 14.1. The van der Waals surface area contributed by atoms with E-state index in [-0.39, 0.29) is 11.8 Å². The lowest BCUT2D eigenvalue weighted by Gasteiger charge is -2.22. The van der Waals surface area contributed by atoms with E-state index in [2.05, 4.69) is 18.8 Å². The number of hydrogen-bond acceptors (Lipinski definition) is 4. The lowest BCUT2D eigenvalue weighted by molar-refractivity contribution is -0.136. The van der Waals surface area contributed by atoms with Crippen LogP contribution in [0.1, 0.15) is 77.2 Å². The zero-order valence-electron chi connectivity index (χ0n) is 22.1. The van der Waals surface area contributed by atoms with Crippen LogP contribution in [0.3, 0.4) is 0 Å². The molecule has 0 bridgehead atoms. The molecular formula is C29H40N2O5. The molecular weight excluding hydrogens is 456 g/mol. The third kappa shape index (κ3) is 9.02. The summed E-state index contributed by atoms with van der Waals surface area (Å²) in [5.74, 6) is -0.491. The van der Waals surface area contributed by atoms with Crippen LogP contribution in [-0.2, 0) is 14.3 Å². The number of unbranched alkanes of at least 4 members (excludes halogenated alkanes) is 5. The van der Waals surface area contributed by atoms with Crippen LogP contribution in [0.15, 0.2) is 58.5 Å². The fourth-order valence-corrected chi connectivity index (χ4v) is 3.86. The van der Waals surface area contributed by atoms with E-state index in [0.29, 0.717) is 19.4 Å². The van der Waals surface area contributed by atoms with E-state index in [4.69, 9.17) is 9.47 Å². The van der Waals surface area contributed by atoms with Crippen LogP contribution in [-0.4, -0.2) is 44.1 Å². The average Bonchev–Trinajstić information content (AvgIpc) is 2.88. The highest BCUT2D eigenvalue weighted by Crippen LogP contribution is 2.34. The van der Waals surface area contributed by atoms with Gasteiger partial charge < -0.3 is 14.6 Å². The van der Waals surface area contributed by atoms with Gasteiger partial charge in [0, 0.05) is 24.5 Å². The molecule has 0 saturated heterocycles. The Morgan fingerprint density at radius 3 is 2.58 bits per heavy atom. The van der Waals surface area contributed by atoms with Gasteiger partial charge in [-0.25, -0.2) is 14.6 Å². The number of carboxylic acids is 1. The minimum atomic E-state index is -1.11. The number of methoxy groups -OCH3 is 1. The number of amides is 2. The van der Waals surface area contributed by atoms with Crippen LogP contribution in [0.5, 0.6) is 0 Å². The Hall–Kier alpha value is -3.35. The van der Waals surface area contributed by atoms with Crippen molar-refractivity contribution in [3.8, 4) is 0 Å². The highest BCUT2D eigenvalue weighted by molar-refractivity contribution is 5.96. The average molecular weight is 497 g/mol. The van der Waals surface area contributed by atoms with Crippen molar-refractivity contribution in [3.63, 3.8) is 0 Å². The number of hydrogen-bond donors (Lipinski definition) is 1. The van der Waals surface area contributed by atoms with Crippen molar-refractivity contribution in [2.75, 3.05) is 25.7 Å². The van der Waals surface area contributed by atoms with Crippen LogP contribution in [0.4, 0.5) is 10.5 Å². The van der Waals surface area contributed by atoms with Crippen LogP contribution in [0, 0.1) is 0 Å². The summed E-state index contributed by atoms with van der Waals surface area (Å²) in [4.78, 5) is 29.6. The van der Waals surface area contributed by atoms with Crippen molar-refractivity contribution in [2.24, 2.45) is 4.99 Å². The Morgan fingerprint density at radius 2 is 1.89 bits per heavy atom. The molecule has 36 heavy (non-hydrogen) atoms. The van der Waals surface area contributed by atoms with E-state index in [9.17, 15) is 14.7 Å². The van der Waals surface area contributed by atoms with E-state index in [1.165, 1.54) is 20.0 Å². The zero-order chi connectivity index (χ0) is 26.3. The molecule has 0 aromatic heterocycles. The van der Waals surface area contributed by atoms with E-state index in [1.54, 1.807) is 24.2 Å². The summed E-state index contributed by atoms with van der Waals surface area (Å²) in [7, 11) is 3.08. The fourth-order valence-electron chi connectivity index (χ4n) is 3.86. The molecule has 2 rings (SSSR count). The first-order valence-corrected chi connectivity index (χ1v) is 12.9. The van der Waals surface area contributed by atoms with Crippen LogP contribution in [0.25, 0.3) is 5.57 Å². The number of rotatable bonds is 14. The predicted molar refractivity (Wildman–Crippen MR) is 145 cm³/mol. The first kappa shape index (κ1) is 28.9. The van der Waals surface area contributed by atoms with Gasteiger partial charge >= 0.3 is 12.0 Å². The molecule has 1 aromatic rings. The van der Waals surface area contributed by atoms with Gasteiger partial charge in [-0.15, -0.1) is 0 Å². The molecule has 0 fully saturated rings. The molecule has 1 aliphatic rings. The topological polar surface area (TPSA) is 88.4 Å². The van der Waals surface area contributed by atoms with Gasteiger partial charge in [0.2, 0.25) is 5.76 Å². The second kappa shape index (κ2) is 15.6. The Morgan fingerprint density at radius 1 is 1.11 bits per heavy atom. The number of urea groups is 1. The maximum Gasteiger partial charge on any atom is 0.371 e. The van der Waals surface area contributed by atoms with Gasteiger partial charge in [-0.3, -0.25) is 4.90 Å². The van der Waals surface area contributed by atoms with Gasteiger partial charge in [0.1, 0.15) is 5.76 Å².